The molecule has 12 heteroatoms. The summed E-state index contributed by atoms with van der Waals surface area (Å²) >= 11 is 0. The Bertz CT molecular complexity index is 1080. The summed E-state index contributed by atoms with van der Waals surface area (Å²) in [6.45, 7) is 3.99. The van der Waals surface area contributed by atoms with Crippen molar-refractivity contribution in [2.24, 2.45) is 0 Å². The van der Waals surface area contributed by atoms with Crippen LogP contribution in [-0.2, 0) is 20.4 Å². The zero-order valence-corrected chi connectivity index (χ0v) is 17.0. The Morgan fingerprint density at radius 3 is 2.83 bits per heavy atom. The van der Waals surface area contributed by atoms with E-state index in [1.165, 1.54) is 0 Å². The molecule has 3 heterocycles. The number of hydrogen-bond acceptors (Lipinski definition) is 8. The van der Waals surface area contributed by atoms with E-state index < -0.39 is 44.0 Å². The first-order chi connectivity index (χ1) is 14.1. The minimum Gasteiger partial charge on any atom is -0.426 e. The fourth-order valence-electron chi connectivity index (χ4n) is 3.49. The third-order valence-electron chi connectivity index (χ3n) is 4.85. The predicted molar refractivity (Wildman–Crippen MR) is 101 cm³/mol. The van der Waals surface area contributed by atoms with E-state index in [-0.39, 0.29) is 19.4 Å². The first-order valence-electron chi connectivity index (χ1n) is 9.15. The van der Waals surface area contributed by atoms with E-state index in [9.17, 15) is 24.2 Å². The number of benzene rings is 1. The highest BCUT2D eigenvalue weighted by molar-refractivity contribution is 7.42. The average Bonchev–Trinajstić information content (AvgIpc) is 3.16. The number of fused-ring (bicyclic) bond motifs is 1. The molecule has 1 fully saturated rings. The summed E-state index contributed by atoms with van der Waals surface area (Å²) in [6.07, 6.45) is -1.32. The Balaban J connectivity index is 1.45. The van der Waals surface area contributed by atoms with Crippen molar-refractivity contribution in [1.29, 1.82) is 0 Å². The molecule has 0 bridgehead atoms. The average molecular weight is 442 g/mol. The van der Waals surface area contributed by atoms with Gasteiger partial charge in [-0.15, -0.1) is 0 Å². The number of nitrogens with one attached hydrogen (secondary N) is 1. The Hall–Kier alpha value is -2.14. The SMILES string of the molecule is Cc1cc(C)c2c(c1)COP(OC(O)(O)C1CCC(n3cc(F)c(=O)[nH]c3=O)O1)O2. The molecular formula is C18H20FN2O8P. The molecule has 0 aliphatic carbocycles. The van der Waals surface area contributed by atoms with Crippen molar-refractivity contribution in [3.63, 3.8) is 0 Å². The van der Waals surface area contributed by atoms with Crippen LogP contribution in [0.1, 0.15) is 35.8 Å². The third-order valence-corrected chi connectivity index (χ3v) is 5.94. The van der Waals surface area contributed by atoms with Crippen LogP contribution in [0, 0.1) is 19.7 Å². The molecule has 0 spiro atoms. The zero-order chi connectivity index (χ0) is 21.6. The van der Waals surface area contributed by atoms with Crippen LogP contribution in [-0.4, -0.2) is 31.8 Å². The number of halogens is 1. The minimum absolute atomic E-state index is 0.0861. The number of aromatic amines is 1. The summed E-state index contributed by atoms with van der Waals surface area (Å²) in [4.78, 5) is 24.9. The van der Waals surface area contributed by atoms with E-state index in [1.807, 2.05) is 31.0 Å². The second-order valence-corrected chi connectivity index (χ2v) is 8.28. The lowest BCUT2D eigenvalue weighted by atomic mass is 10.1. The van der Waals surface area contributed by atoms with Gasteiger partial charge in [-0.2, -0.15) is 4.39 Å². The molecule has 2 aliphatic heterocycles. The first kappa shape index (κ1) is 21.1. The number of nitrogens with zero attached hydrogens (tertiary/aromatic N) is 1. The molecule has 0 radical (unpaired) electrons. The lowest BCUT2D eigenvalue weighted by molar-refractivity contribution is -0.346. The molecule has 2 aromatic rings. The largest absolute Gasteiger partial charge is 0.426 e. The summed E-state index contributed by atoms with van der Waals surface area (Å²) in [5.74, 6) is -3.37. The molecule has 30 heavy (non-hydrogen) atoms. The molecule has 3 atom stereocenters. The van der Waals surface area contributed by atoms with Gasteiger partial charge >= 0.3 is 20.3 Å². The maximum atomic E-state index is 13.5. The number of H-pyrrole nitrogens is 1. The van der Waals surface area contributed by atoms with Crippen molar-refractivity contribution >= 4 is 8.60 Å². The topological polar surface area (TPSA) is 132 Å². The fraction of sp³-hybridized carbons (Fsp3) is 0.444. The van der Waals surface area contributed by atoms with E-state index in [0.717, 1.165) is 21.3 Å². The zero-order valence-electron chi connectivity index (χ0n) is 16.1. The van der Waals surface area contributed by atoms with Gasteiger partial charge in [0, 0.05) is 5.56 Å². The fourth-order valence-corrected chi connectivity index (χ4v) is 4.63. The van der Waals surface area contributed by atoms with E-state index in [1.54, 1.807) is 0 Å². The van der Waals surface area contributed by atoms with Crippen molar-refractivity contribution in [1.82, 2.24) is 9.55 Å². The number of aromatic nitrogens is 2. The second kappa shape index (κ2) is 7.84. The summed E-state index contributed by atoms with van der Waals surface area (Å²) in [5, 5.41) is 20.8. The number of ether oxygens (including phenoxy) is 1. The Morgan fingerprint density at radius 2 is 2.07 bits per heavy atom. The van der Waals surface area contributed by atoms with Gasteiger partial charge in [0.05, 0.1) is 12.8 Å². The molecule has 4 rings (SSSR count). The van der Waals surface area contributed by atoms with Crippen molar-refractivity contribution < 1.29 is 32.9 Å². The molecule has 10 nitrogen and oxygen atoms in total. The summed E-state index contributed by atoms with van der Waals surface area (Å²) in [7, 11) is -2.13. The van der Waals surface area contributed by atoms with Gasteiger partial charge in [-0.05, 0) is 32.3 Å². The molecule has 162 valence electrons. The molecule has 0 saturated carbocycles. The normalized spacial score (nSPS) is 23.8. The monoisotopic (exact) mass is 442 g/mol. The molecule has 0 amide bonds. The number of aryl methyl sites for hydroxylation is 2. The standard InChI is InChI=1S/C18H20FN2O8P/c1-9-5-10(2)15-11(6-9)8-26-30(28-15)29-18(24,25)13-3-4-14(27-13)21-7-12(19)16(22)20-17(21)23/h5-7,13-14,24-25H,3-4,8H2,1-2H3,(H,20,22,23). The Labute approximate surface area is 170 Å². The minimum atomic E-state index is -2.78. The van der Waals surface area contributed by atoms with Gasteiger partial charge in [0.1, 0.15) is 18.1 Å². The lowest BCUT2D eigenvalue weighted by Crippen LogP contribution is -2.44. The van der Waals surface area contributed by atoms with E-state index >= 15 is 0 Å². The molecule has 1 aromatic carbocycles. The predicted octanol–water partition coefficient (Wildman–Crippen LogP) is 1.46. The van der Waals surface area contributed by atoms with Gasteiger partial charge in [-0.3, -0.25) is 18.9 Å². The maximum absolute atomic E-state index is 13.5. The maximum Gasteiger partial charge on any atom is 0.402 e. The smallest absolute Gasteiger partial charge is 0.402 e. The highest BCUT2D eigenvalue weighted by Gasteiger charge is 2.47. The molecular weight excluding hydrogens is 422 g/mol. The molecule has 3 N–H and O–H groups in total. The van der Waals surface area contributed by atoms with Gasteiger partial charge in [0.15, 0.2) is 0 Å². The molecule has 2 aliphatic rings. The summed E-state index contributed by atoms with van der Waals surface area (Å²) in [5.41, 5.74) is 0.715. The first-order valence-corrected chi connectivity index (χ1v) is 10.2. The highest BCUT2D eigenvalue weighted by Crippen LogP contribution is 2.51. The summed E-state index contributed by atoms with van der Waals surface area (Å²) in [6, 6.07) is 3.83. The lowest BCUT2D eigenvalue weighted by Gasteiger charge is -2.32. The highest BCUT2D eigenvalue weighted by atomic mass is 31.2. The Kier molecular flexibility index (Phi) is 5.52. The third kappa shape index (κ3) is 4.04. The van der Waals surface area contributed by atoms with Gasteiger partial charge in [0.2, 0.25) is 5.82 Å². The number of rotatable bonds is 4. The van der Waals surface area contributed by atoms with Crippen molar-refractivity contribution in [3.8, 4) is 5.75 Å². The van der Waals surface area contributed by atoms with Gasteiger partial charge in [-0.25, -0.2) is 9.32 Å². The van der Waals surface area contributed by atoms with E-state index in [4.69, 9.17) is 18.3 Å². The number of aliphatic hydroxyl groups is 2. The van der Waals surface area contributed by atoms with Crippen molar-refractivity contribution in [2.45, 2.75) is 51.6 Å². The van der Waals surface area contributed by atoms with Gasteiger partial charge in [-0.1, -0.05) is 17.7 Å². The van der Waals surface area contributed by atoms with Crippen molar-refractivity contribution in [3.05, 3.63) is 61.7 Å². The number of hydrogen-bond donors (Lipinski definition) is 3. The van der Waals surface area contributed by atoms with Crippen LogP contribution in [0.5, 0.6) is 5.75 Å². The Morgan fingerprint density at radius 1 is 1.30 bits per heavy atom. The van der Waals surface area contributed by atoms with Crippen LogP contribution < -0.4 is 15.8 Å². The van der Waals surface area contributed by atoms with Gasteiger partial charge < -0.3 is 19.5 Å². The van der Waals surface area contributed by atoms with E-state index in [0.29, 0.717) is 11.9 Å². The summed E-state index contributed by atoms with van der Waals surface area (Å²) < 4.78 is 36.2. The van der Waals surface area contributed by atoms with Crippen LogP contribution in [0.3, 0.4) is 0 Å². The quantitative estimate of drug-likeness (QED) is 0.479. The van der Waals surface area contributed by atoms with Crippen LogP contribution in [0.2, 0.25) is 0 Å². The molecule has 3 unspecified atom stereocenters. The van der Waals surface area contributed by atoms with Crippen LogP contribution >= 0.6 is 8.60 Å². The van der Waals surface area contributed by atoms with Crippen LogP contribution in [0.4, 0.5) is 4.39 Å². The molecule has 1 saturated heterocycles. The van der Waals surface area contributed by atoms with Crippen molar-refractivity contribution in [2.75, 3.05) is 0 Å². The van der Waals surface area contributed by atoms with Crippen LogP contribution in [0.15, 0.2) is 27.9 Å². The second-order valence-electron chi connectivity index (χ2n) is 7.21. The van der Waals surface area contributed by atoms with E-state index in [2.05, 4.69) is 0 Å². The van der Waals surface area contributed by atoms with Crippen LogP contribution in [0.25, 0.3) is 0 Å². The molecule has 1 aromatic heterocycles. The van der Waals surface area contributed by atoms with Gasteiger partial charge in [0.25, 0.3) is 5.56 Å².